The van der Waals surface area contributed by atoms with Gasteiger partial charge in [0.15, 0.2) is 0 Å². The van der Waals surface area contributed by atoms with Gasteiger partial charge in [0.2, 0.25) is 0 Å². The minimum Gasteiger partial charge on any atom is -0.508 e. The summed E-state index contributed by atoms with van der Waals surface area (Å²) in [6.45, 7) is 4.13. The third-order valence-corrected chi connectivity index (χ3v) is 2.39. The lowest BCUT2D eigenvalue weighted by Crippen LogP contribution is -2.23. The summed E-state index contributed by atoms with van der Waals surface area (Å²) >= 11 is 0. The van der Waals surface area contributed by atoms with Gasteiger partial charge in [-0.15, -0.1) is 0 Å². The van der Waals surface area contributed by atoms with Crippen LogP contribution in [-0.2, 0) is 6.42 Å². The highest BCUT2D eigenvalue weighted by Gasteiger charge is 2.07. The predicted octanol–water partition coefficient (Wildman–Crippen LogP) is 1.85. The van der Waals surface area contributed by atoms with Gasteiger partial charge in [0.1, 0.15) is 5.75 Å². The van der Waals surface area contributed by atoms with Crippen LogP contribution in [0.15, 0.2) is 18.2 Å². The molecule has 1 unspecified atom stereocenters. The van der Waals surface area contributed by atoms with Crippen molar-refractivity contribution in [3.63, 3.8) is 0 Å². The lowest BCUT2D eigenvalue weighted by Gasteiger charge is -2.13. The van der Waals surface area contributed by atoms with E-state index in [1.165, 1.54) is 0 Å². The molecule has 0 aliphatic heterocycles. The molecular weight excluding hydrogens is 162 g/mol. The molecule has 0 saturated heterocycles. The molecule has 0 aliphatic carbocycles. The maximum atomic E-state index is 9.61. The molecule has 0 aliphatic rings. The van der Waals surface area contributed by atoms with E-state index in [0.29, 0.717) is 11.8 Å². The smallest absolute Gasteiger partial charge is 0.119 e. The van der Waals surface area contributed by atoms with Crippen LogP contribution in [0.4, 0.5) is 0 Å². The summed E-state index contributed by atoms with van der Waals surface area (Å²) in [6.07, 6.45) is 0.870. The molecule has 0 amide bonds. The lowest BCUT2D eigenvalue weighted by molar-refractivity contribution is 0.461. The monoisotopic (exact) mass is 179 g/mol. The Labute approximate surface area is 79.6 Å². The van der Waals surface area contributed by atoms with Crippen LogP contribution in [0.5, 0.6) is 5.75 Å². The standard InChI is InChI=1S/C11H17NO/c1-8-5-4-6-11(13)10(8)7-9(2)12-3/h4-6,9,12-13H,7H2,1-3H3. The van der Waals surface area contributed by atoms with E-state index in [1.807, 2.05) is 26.1 Å². The molecule has 13 heavy (non-hydrogen) atoms. The minimum absolute atomic E-state index is 0.395. The van der Waals surface area contributed by atoms with Crippen molar-refractivity contribution in [2.75, 3.05) is 7.05 Å². The topological polar surface area (TPSA) is 32.3 Å². The number of likely N-dealkylation sites (N-methyl/N-ethyl adjacent to an activating group) is 1. The molecule has 0 aromatic heterocycles. The Morgan fingerprint density at radius 3 is 2.69 bits per heavy atom. The van der Waals surface area contributed by atoms with E-state index >= 15 is 0 Å². The summed E-state index contributed by atoms with van der Waals surface area (Å²) in [5, 5.41) is 12.8. The summed E-state index contributed by atoms with van der Waals surface area (Å²) in [7, 11) is 1.93. The molecule has 1 rings (SSSR count). The molecule has 1 aromatic carbocycles. The Morgan fingerprint density at radius 1 is 1.46 bits per heavy atom. The number of nitrogens with one attached hydrogen (secondary N) is 1. The van der Waals surface area contributed by atoms with Crippen molar-refractivity contribution in [3.8, 4) is 5.75 Å². The molecule has 0 heterocycles. The predicted molar refractivity (Wildman–Crippen MR) is 55.1 cm³/mol. The summed E-state index contributed by atoms with van der Waals surface area (Å²) in [5.74, 6) is 0.405. The van der Waals surface area contributed by atoms with Gasteiger partial charge in [0, 0.05) is 6.04 Å². The van der Waals surface area contributed by atoms with Gasteiger partial charge in [-0.1, -0.05) is 12.1 Å². The molecule has 1 atom stereocenters. The maximum absolute atomic E-state index is 9.61. The Morgan fingerprint density at radius 2 is 2.15 bits per heavy atom. The molecule has 72 valence electrons. The minimum atomic E-state index is 0.395. The first-order chi connectivity index (χ1) is 6.15. The van der Waals surface area contributed by atoms with E-state index < -0.39 is 0 Å². The molecule has 2 heteroatoms. The molecule has 0 radical (unpaired) electrons. The summed E-state index contributed by atoms with van der Waals surface area (Å²) < 4.78 is 0. The Hall–Kier alpha value is -1.02. The van der Waals surface area contributed by atoms with Crippen LogP contribution in [-0.4, -0.2) is 18.2 Å². The van der Waals surface area contributed by atoms with Crippen molar-refractivity contribution in [2.45, 2.75) is 26.3 Å². The molecule has 0 bridgehead atoms. The Kier molecular flexibility index (Phi) is 3.32. The Balaban J connectivity index is 2.87. The zero-order chi connectivity index (χ0) is 9.84. The number of hydrogen-bond donors (Lipinski definition) is 2. The number of hydrogen-bond acceptors (Lipinski definition) is 2. The maximum Gasteiger partial charge on any atom is 0.119 e. The van der Waals surface area contributed by atoms with E-state index in [-0.39, 0.29) is 0 Å². The molecule has 0 fully saturated rings. The van der Waals surface area contributed by atoms with Gasteiger partial charge in [-0.3, -0.25) is 0 Å². The summed E-state index contributed by atoms with van der Waals surface area (Å²) in [6, 6.07) is 6.03. The van der Waals surface area contributed by atoms with Crippen molar-refractivity contribution in [3.05, 3.63) is 29.3 Å². The van der Waals surface area contributed by atoms with Gasteiger partial charge in [0.25, 0.3) is 0 Å². The van der Waals surface area contributed by atoms with Crippen molar-refractivity contribution >= 4 is 0 Å². The van der Waals surface area contributed by atoms with Crippen LogP contribution in [0.3, 0.4) is 0 Å². The second kappa shape index (κ2) is 4.28. The first-order valence-corrected chi connectivity index (χ1v) is 4.60. The van der Waals surface area contributed by atoms with Crippen LogP contribution in [0.1, 0.15) is 18.1 Å². The number of rotatable bonds is 3. The Bertz CT molecular complexity index is 263. The first-order valence-electron chi connectivity index (χ1n) is 4.60. The average Bonchev–Trinajstić information content (AvgIpc) is 2.11. The average molecular weight is 179 g/mol. The van der Waals surface area contributed by atoms with E-state index in [2.05, 4.69) is 12.2 Å². The number of benzene rings is 1. The van der Waals surface area contributed by atoms with Crippen molar-refractivity contribution in [1.82, 2.24) is 5.32 Å². The van der Waals surface area contributed by atoms with Crippen molar-refractivity contribution < 1.29 is 5.11 Å². The van der Waals surface area contributed by atoms with Crippen LogP contribution in [0.2, 0.25) is 0 Å². The van der Waals surface area contributed by atoms with Gasteiger partial charge >= 0.3 is 0 Å². The third-order valence-electron chi connectivity index (χ3n) is 2.39. The first kappa shape index (κ1) is 10.1. The van der Waals surface area contributed by atoms with E-state index in [4.69, 9.17) is 0 Å². The van der Waals surface area contributed by atoms with Crippen LogP contribution < -0.4 is 5.32 Å². The van der Waals surface area contributed by atoms with Gasteiger partial charge in [-0.05, 0) is 44.5 Å². The second-order valence-corrected chi connectivity index (χ2v) is 3.47. The fourth-order valence-corrected chi connectivity index (χ4v) is 1.36. The number of phenolic OH excluding ortho intramolecular Hbond substituents is 1. The highest BCUT2D eigenvalue weighted by Crippen LogP contribution is 2.21. The molecule has 0 spiro atoms. The number of aryl methyl sites for hydroxylation is 1. The number of phenols is 1. The van der Waals surface area contributed by atoms with E-state index in [9.17, 15) is 5.11 Å². The largest absolute Gasteiger partial charge is 0.508 e. The highest BCUT2D eigenvalue weighted by atomic mass is 16.3. The van der Waals surface area contributed by atoms with Crippen LogP contribution in [0, 0.1) is 6.92 Å². The van der Waals surface area contributed by atoms with Gasteiger partial charge in [-0.25, -0.2) is 0 Å². The van der Waals surface area contributed by atoms with Crippen molar-refractivity contribution in [1.29, 1.82) is 0 Å². The summed E-state index contributed by atoms with van der Waals surface area (Å²) in [4.78, 5) is 0. The third kappa shape index (κ3) is 2.46. The molecule has 2 N–H and O–H groups in total. The zero-order valence-electron chi connectivity index (χ0n) is 8.46. The van der Waals surface area contributed by atoms with Crippen LogP contribution in [0.25, 0.3) is 0 Å². The van der Waals surface area contributed by atoms with E-state index in [0.717, 1.165) is 17.5 Å². The molecule has 2 nitrogen and oxygen atoms in total. The second-order valence-electron chi connectivity index (χ2n) is 3.47. The van der Waals surface area contributed by atoms with Crippen LogP contribution >= 0.6 is 0 Å². The van der Waals surface area contributed by atoms with Gasteiger partial charge in [0.05, 0.1) is 0 Å². The fourth-order valence-electron chi connectivity index (χ4n) is 1.36. The molecule has 1 aromatic rings. The SMILES string of the molecule is CNC(C)Cc1c(C)cccc1O. The molecular formula is C11H17NO. The van der Waals surface area contributed by atoms with Crippen molar-refractivity contribution in [2.24, 2.45) is 0 Å². The van der Waals surface area contributed by atoms with Gasteiger partial charge < -0.3 is 10.4 Å². The van der Waals surface area contributed by atoms with Gasteiger partial charge in [-0.2, -0.15) is 0 Å². The molecule has 0 saturated carbocycles. The normalized spacial score (nSPS) is 12.8. The quantitative estimate of drug-likeness (QED) is 0.742. The fraction of sp³-hybridized carbons (Fsp3) is 0.455. The lowest BCUT2D eigenvalue weighted by atomic mass is 10.0. The highest BCUT2D eigenvalue weighted by molar-refractivity contribution is 5.38. The summed E-state index contributed by atoms with van der Waals surface area (Å²) in [5.41, 5.74) is 2.20. The zero-order valence-corrected chi connectivity index (χ0v) is 8.46. The number of aromatic hydroxyl groups is 1. The van der Waals surface area contributed by atoms with E-state index in [1.54, 1.807) is 6.07 Å².